The van der Waals surface area contributed by atoms with Gasteiger partial charge in [-0.3, -0.25) is 25.2 Å². The molecule has 2 aromatic carbocycles. The van der Waals surface area contributed by atoms with Gasteiger partial charge in [0.2, 0.25) is 11.8 Å². The van der Waals surface area contributed by atoms with Crippen LogP contribution in [0.5, 0.6) is 0 Å². The fourth-order valence-electron chi connectivity index (χ4n) is 2.53. The van der Waals surface area contributed by atoms with E-state index in [0.29, 0.717) is 16.3 Å². The highest BCUT2D eigenvalue weighted by atomic mass is 79.9. The normalized spacial score (nSPS) is 10.9. The van der Waals surface area contributed by atoms with Crippen molar-refractivity contribution in [2.45, 2.75) is 39.0 Å². The Labute approximate surface area is 183 Å². The molecule has 0 aliphatic heterocycles. The van der Waals surface area contributed by atoms with Crippen LogP contribution in [0.15, 0.2) is 46.9 Å². The smallest absolute Gasteiger partial charge is 0.269 e. The molecule has 0 aliphatic carbocycles. The highest BCUT2D eigenvalue weighted by molar-refractivity contribution is 9.10. The zero-order valence-electron chi connectivity index (χ0n) is 16.4. The Kier molecular flexibility index (Phi) is 7.81. The van der Waals surface area contributed by atoms with Crippen molar-refractivity contribution in [1.82, 2.24) is 10.9 Å². The van der Waals surface area contributed by atoms with Gasteiger partial charge in [-0.25, -0.2) is 0 Å². The van der Waals surface area contributed by atoms with E-state index in [1.165, 1.54) is 0 Å². The van der Waals surface area contributed by atoms with Gasteiger partial charge in [0.15, 0.2) is 0 Å². The number of halogens is 2. The molecule has 0 atom stereocenters. The summed E-state index contributed by atoms with van der Waals surface area (Å²) in [6.45, 7) is 6.23. The number of para-hydroxylation sites is 1. The van der Waals surface area contributed by atoms with E-state index in [9.17, 15) is 14.4 Å². The zero-order valence-corrected chi connectivity index (χ0v) is 18.8. The standard InChI is InChI=1S/C21H23BrClN3O3/c1-21(2,3)14-9-8-13(12-15(14)22)20(29)26-25-19(28)11-10-18(27)24-17-7-5-4-6-16(17)23/h4-9,12H,10-11H2,1-3H3,(H,24,27)(H,25,28)(H,26,29). The first-order valence-electron chi connectivity index (χ1n) is 9.01. The quantitative estimate of drug-likeness (QED) is 0.547. The maximum Gasteiger partial charge on any atom is 0.269 e. The second-order valence-electron chi connectivity index (χ2n) is 7.47. The molecule has 0 heterocycles. The molecule has 3 N–H and O–H groups in total. The Morgan fingerprint density at radius 3 is 2.24 bits per heavy atom. The molecule has 0 bridgehead atoms. The molecule has 0 aliphatic rings. The van der Waals surface area contributed by atoms with Crippen LogP contribution in [0.1, 0.15) is 49.5 Å². The number of carbonyl (C=O) groups is 3. The minimum absolute atomic E-state index is 0.0429. The Balaban J connectivity index is 1.81. The second-order valence-corrected chi connectivity index (χ2v) is 8.74. The third-order valence-corrected chi connectivity index (χ3v) is 5.07. The molecule has 0 fully saturated rings. The molecule has 0 saturated heterocycles. The van der Waals surface area contributed by atoms with Gasteiger partial charge >= 0.3 is 0 Å². The Morgan fingerprint density at radius 1 is 0.966 bits per heavy atom. The number of hydrogen-bond donors (Lipinski definition) is 3. The number of hydrogen-bond acceptors (Lipinski definition) is 3. The maximum absolute atomic E-state index is 12.2. The fourth-order valence-corrected chi connectivity index (χ4v) is 3.68. The zero-order chi connectivity index (χ0) is 21.6. The van der Waals surface area contributed by atoms with Crippen molar-refractivity contribution in [3.05, 3.63) is 63.1 Å². The number of rotatable bonds is 5. The van der Waals surface area contributed by atoms with E-state index in [0.717, 1.165) is 10.0 Å². The van der Waals surface area contributed by atoms with E-state index in [1.807, 2.05) is 6.07 Å². The number of carbonyl (C=O) groups excluding carboxylic acids is 3. The van der Waals surface area contributed by atoms with Crippen molar-refractivity contribution in [2.75, 3.05) is 5.32 Å². The second kappa shape index (κ2) is 9.89. The third-order valence-electron chi connectivity index (χ3n) is 4.08. The summed E-state index contributed by atoms with van der Waals surface area (Å²) in [4.78, 5) is 36.1. The molecule has 8 heteroatoms. The van der Waals surface area contributed by atoms with E-state index < -0.39 is 11.8 Å². The summed E-state index contributed by atoms with van der Waals surface area (Å²) in [5, 5.41) is 3.05. The molecule has 154 valence electrons. The Hall–Kier alpha value is -2.38. The van der Waals surface area contributed by atoms with Gasteiger partial charge in [0.1, 0.15) is 0 Å². The van der Waals surface area contributed by atoms with Gasteiger partial charge in [0.25, 0.3) is 5.91 Å². The SMILES string of the molecule is CC(C)(C)c1ccc(C(=O)NNC(=O)CCC(=O)Nc2ccccc2Cl)cc1Br. The van der Waals surface area contributed by atoms with E-state index in [1.54, 1.807) is 36.4 Å². The largest absolute Gasteiger partial charge is 0.325 e. The summed E-state index contributed by atoms with van der Waals surface area (Å²) in [7, 11) is 0. The van der Waals surface area contributed by atoms with Gasteiger partial charge in [0, 0.05) is 22.9 Å². The van der Waals surface area contributed by atoms with Gasteiger partial charge in [-0.2, -0.15) is 0 Å². The van der Waals surface area contributed by atoms with Gasteiger partial charge in [-0.1, -0.05) is 66.5 Å². The average molecular weight is 481 g/mol. The summed E-state index contributed by atoms with van der Waals surface area (Å²) in [6, 6.07) is 12.1. The molecule has 0 spiro atoms. The van der Waals surface area contributed by atoms with Crippen molar-refractivity contribution in [3.63, 3.8) is 0 Å². The van der Waals surface area contributed by atoms with Gasteiger partial charge in [-0.05, 0) is 35.2 Å². The van der Waals surface area contributed by atoms with Crippen LogP contribution in [0.2, 0.25) is 5.02 Å². The summed E-state index contributed by atoms with van der Waals surface area (Å²) < 4.78 is 0.820. The van der Waals surface area contributed by atoms with Crippen LogP contribution in [-0.4, -0.2) is 17.7 Å². The predicted molar refractivity (Wildman–Crippen MR) is 118 cm³/mol. The van der Waals surface area contributed by atoms with Crippen molar-refractivity contribution in [1.29, 1.82) is 0 Å². The number of benzene rings is 2. The predicted octanol–water partition coefficient (Wildman–Crippen LogP) is 4.58. The molecule has 0 radical (unpaired) electrons. The van der Waals surface area contributed by atoms with E-state index in [-0.39, 0.29) is 24.2 Å². The third kappa shape index (κ3) is 6.87. The monoisotopic (exact) mass is 479 g/mol. The number of anilines is 1. The lowest BCUT2D eigenvalue weighted by molar-refractivity contribution is -0.124. The van der Waals surface area contributed by atoms with Gasteiger partial charge in [0.05, 0.1) is 10.7 Å². The molecule has 0 saturated carbocycles. The van der Waals surface area contributed by atoms with Crippen LogP contribution >= 0.6 is 27.5 Å². The lowest BCUT2D eigenvalue weighted by Crippen LogP contribution is -2.41. The lowest BCUT2D eigenvalue weighted by Gasteiger charge is -2.21. The van der Waals surface area contributed by atoms with Crippen LogP contribution in [0.4, 0.5) is 5.69 Å². The minimum atomic E-state index is -0.474. The van der Waals surface area contributed by atoms with E-state index in [4.69, 9.17) is 11.6 Å². The fraction of sp³-hybridized carbons (Fsp3) is 0.286. The molecule has 0 aromatic heterocycles. The van der Waals surface area contributed by atoms with Crippen LogP contribution in [0.3, 0.4) is 0 Å². The number of nitrogens with one attached hydrogen (secondary N) is 3. The highest BCUT2D eigenvalue weighted by Crippen LogP contribution is 2.30. The molecular formula is C21H23BrClN3O3. The van der Waals surface area contributed by atoms with Gasteiger partial charge in [-0.15, -0.1) is 0 Å². The van der Waals surface area contributed by atoms with Crippen LogP contribution < -0.4 is 16.2 Å². The Morgan fingerprint density at radius 2 is 1.62 bits per heavy atom. The molecule has 2 aromatic rings. The first-order valence-corrected chi connectivity index (χ1v) is 10.2. The molecule has 29 heavy (non-hydrogen) atoms. The van der Waals surface area contributed by atoms with E-state index >= 15 is 0 Å². The first-order chi connectivity index (χ1) is 13.6. The topological polar surface area (TPSA) is 87.3 Å². The van der Waals surface area contributed by atoms with Crippen LogP contribution in [0, 0.1) is 0 Å². The van der Waals surface area contributed by atoms with Crippen molar-refractivity contribution < 1.29 is 14.4 Å². The molecule has 0 unspecified atom stereocenters. The first kappa shape index (κ1) is 22.9. The summed E-state index contributed by atoms with van der Waals surface area (Å²) in [6.07, 6.45) is -0.123. The number of hydrazine groups is 1. The minimum Gasteiger partial charge on any atom is -0.325 e. The highest BCUT2D eigenvalue weighted by Gasteiger charge is 2.18. The molecule has 3 amide bonds. The Bertz CT molecular complexity index is 926. The van der Waals surface area contributed by atoms with Crippen LogP contribution in [-0.2, 0) is 15.0 Å². The van der Waals surface area contributed by atoms with Crippen molar-refractivity contribution in [3.8, 4) is 0 Å². The summed E-state index contributed by atoms with van der Waals surface area (Å²) in [5.41, 5.74) is 6.57. The molecular weight excluding hydrogens is 458 g/mol. The van der Waals surface area contributed by atoms with Crippen LogP contribution in [0.25, 0.3) is 0 Å². The molecule has 2 rings (SSSR count). The van der Waals surface area contributed by atoms with Crippen molar-refractivity contribution >= 4 is 50.9 Å². The summed E-state index contributed by atoms with van der Waals surface area (Å²) >= 11 is 9.46. The lowest BCUT2D eigenvalue weighted by atomic mass is 9.86. The van der Waals surface area contributed by atoms with Crippen molar-refractivity contribution in [2.24, 2.45) is 0 Å². The number of amides is 3. The molecule has 6 nitrogen and oxygen atoms in total. The summed E-state index contributed by atoms with van der Waals surface area (Å²) in [5.74, 6) is -1.26. The maximum atomic E-state index is 12.2. The average Bonchev–Trinajstić information content (AvgIpc) is 2.65. The van der Waals surface area contributed by atoms with Gasteiger partial charge < -0.3 is 5.32 Å². The van der Waals surface area contributed by atoms with E-state index in [2.05, 4.69) is 52.9 Å².